The van der Waals surface area contributed by atoms with Crippen LogP contribution in [0.25, 0.3) is 0 Å². The molecule has 0 aromatic rings. The molecular weight excluding hydrogens is 460 g/mol. The third-order valence-corrected chi connectivity index (χ3v) is 11.1. The normalized spacial score (nSPS) is 41.0. The van der Waals surface area contributed by atoms with E-state index in [0.29, 0.717) is 42.4 Å². The van der Waals surface area contributed by atoms with Crippen LogP contribution in [0, 0.1) is 40.9 Å². The SMILES string of the molecule is CC(CCC(=O)OC1CC2CC(C)CC(OC(=O)C34CCCC(CC(C)C3)C4)(C2)C1)CC1CCCCC1. The van der Waals surface area contributed by atoms with Crippen molar-refractivity contribution in [2.24, 2.45) is 40.9 Å². The first kappa shape index (κ1) is 27.5. The highest BCUT2D eigenvalue weighted by Crippen LogP contribution is 2.54. The summed E-state index contributed by atoms with van der Waals surface area (Å²) in [6, 6.07) is 0. The molecule has 0 spiro atoms. The molecule has 0 amide bonds. The molecule has 0 heterocycles. The largest absolute Gasteiger partial charge is 0.462 e. The Labute approximate surface area is 226 Å². The maximum Gasteiger partial charge on any atom is 0.312 e. The van der Waals surface area contributed by atoms with Crippen molar-refractivity contribution in [3.63, 3.8) is 0 Å². The monoisotopic (exact) mass is 514 g/mol. The van der Waals surface area contributed by atoms with Gasteiger partial charge in [0.25, 0.3) is 0 Å². The summed E-state index contributed by atoms with van der Waals surface area (Å²) in [4.78, 5) is 26.8. The summed E-state index contributed by atoms with van der Waals surface area (Å²) in [5, 5.41) is 0. The third-order valence-electron chi connectivity index (χ3n) is 11.1. The van der Waals surface area contributed by atoms with Gasteiger partial charge in [0.05, 0.1) is 5.41 Å². The van der Waals surface area contributed by atoms with Crippen LogP contribution >= 0.6 is 0 Å². The van der Waals surface area contributed by atoms with Crippen LogP contribution in [0.4, 0.5) is 0 Å². The lowest BCUT2D eigenvalue weighted by molar-refractivity contribution is -0.200. The molecule has 5 aliphatic carbocycles. The molecule has 5 fully saturated rings. The summed E-state index contributed by atoms with van der Waals surface area (Å²) in [6.07, 6.45) is 21.0. The molecule has 0 N–H and O–H groups in total. The summed E-state index contributed by atoms with van der Waals surface area (Å²) in [5.41, 5.74) is -0.692. The molecule has 37 heavy (non-hydrogen) atoms. The van der Waals surface area contributed by atoms with Gasteiger partial charge in [-0.1, -0.05) is 65.7 Å². The number of fused-ring (bicyclic) bond motifs is 4. The Bertz CT molecular complexity index is 794. The van der Waals surface area contributed by atoms with Crippen LogP contribution in [0.5, 0.6) is 0 Å². The van der Waals surface area contributed by atoms with Crippen molar-refractivity contribution in [1.29, 1.82) is 0 Å². The number of esters is 2. The lowest BCUT2D eigenvalue weighted by Gasteiger charge is -2.52. The van der Waals surface area contributed by atoms with Crippen molar-refractivity contribution in [2.75, 3.05) is 0 Å². The van der Waals surface area contributed by atoms with E-state index in [-0.39, 0.29) is 23.5 Å². The molecule has 0 aliphatic heterocycles. The first-order valence-electron chi connectivity index (χ1n) is 16.2. The molecule has 8 atom stereocenters. The molecule has 5 saturated carbocycles. The molecule has 4 bridgehead atoms. The van der Waals surface area contributed by atoms with Gasteiger partial charge in [0.15, 0.2) is 0 Å². The molecular formula is C33H54O4. The van der Waals surface area contributed by atoms with Gasteiger partial charge < -0.3 is 9.47 Å². The van der Waals surface area contributed by atoms with E-state index in [1.165, 1.54) is 51.4 Å². The van der Waals surface area contributed by atoms with Crippen molar-refractivity contribution >= 4 is 11.9 Å². The quantitative estimate of drug-likeness (QED) is 0.305. The van der Waals surface area contributed by atoms with Gasteiger partial charge in [0.2, 0.25) is 0 Å². The third kappa shape index (κ3) is 6.75. The summed E-state index contributed by atoms with van der Waals surface area (Å²) < 4.78 is 12.8. The standard InChI is InChI=1S/C33H54O4/c1-23(14-26-8-5-4-6-9-26)11-12-30(34)36-29-17-28-16-25(3)19-33(21-28,22-29)37-31(35)32-13-7-10-27(20-32)15-24(2)18-32/h23-29H,4-22H2,1-3H3. The predicted molar refractivity (Wildman–Crippen MR) is 147 cm³/mol. The van der Waals surface area contributed by atoms with E-state index in [0.717, 1.165) is 63.7 Å². The molecule has 4 heteroatoms. The number of hydrogen-bond acceptors (Lipinski definition) is 4. The van der Waals surface area contributed by atoms with Gasteiger partial charge in [0.1, 0.15) is 11.7 Å². The first-order valence-corrected chi connectivity index (χ1v) is 16.2. The van der Waals surface area contributed by atoms with E-state index < -0.39 is 5.60 Å². The van der Waals surface area contributed by atoms with Crippen molar-refractivity contribution in [3.8, 4) is 0 Å². The van der Waals surface area contributed by atoms with Gasteiger partial charge in [-0.25, -0.2) is 0 Å². The Morgan fingerprint density at radius 2 is 1.59 bits per heavy atom. The van der Waals surface area contributed by atoms with Gasteiger partial charge >= 0.3 is 11.9 Å². The Balaban J connectivity index is 1.17. The molecule has 5 rings (SSSR count). The number of rotatable bonds is 8. The van der Waals surface area contributed by atoms with E-state index in [2.05, 4.69) is 20.8 Å². The zero-order chi connectivity index (χ0) is 26.0. The van der Waals surface area contributed by atoms with E-state index in [1.807, 2.05) is 0 Å². The Hall–Kier alpha value is -1.06. The van der Waals surface area contributed by atoms with Gasteiger partial charge in [-0.3, -0.25) is 9.59 Å². The molecule has 0 aromatic carbocycles. The second kappa shape index (κ2) is 11.6. The summed E-state index contributed by atoms with van der Waals surface area (Å²) in [7, 11) is 0. The van der Waals surface area contributed by atoms with E-state index in [9.17, 15) is 9.59 Å². The van der Waals surface area contributed by atoms with Crippen LogP contribution in [-0.2, 0) is 19.1 Å². The number of carbonyl (C=O) groups excluding carboxylic acids is 2. The fourth-order valence-corrected chi connectivity index (χ4v) is 9.90. The van der Waals surface area contributed by atoms with Crippen LogP contribution in [0.15, 0.2) is 0 Å². The predicted octanol–water partition coefficient (Wildman–Crippen LogP) is 8.40. The number of carbonyl (C=O) groups is 2. The van der Waals surface area contributed by atoms with Gasteiger partial charge in [-0.05, 0) is 99.7 Å². The van der Waals surface area contributed by atoms with E-state index in [4.69, 9.17) is 9.47 Å². The Morgan fingerprint density at radius 1 is 0.838 bits per heavy atom. The van der Waals surface area contributed by atoms with E-state index >= 15 is 0 Å². The van der Waals surface area contributed by atoms with E-state index in [1.54, 1.807) is 0 Å². The highest BCUT2D eigenvalue weighted by atomic mass is 16.6. The first-order chi connectivity index (χ1) is 17.7. The fourth-order valence-electron chi connectivity index (χ4n) is 9.90. The minimum absolute atomic E-state index is 0.0372. The molecule has 210 valence electrons. The van der Waals surface area contributed by atoms with Crippen LogP contribution in [0.1, 0.15) is 143 Å². The lowest BCUT2D eigenvalue weighted by Crippen LogP contribution is -2.53. The van der Waals surface area contributed by atoms with Gasteiger partial charge in [0, 0.05) is 12.8 Å². The van der Waals surface area contributed by atoms with Crippen molar-refractivity contribution in [3.05, 3.63) is 0 Å². The molecule has 8 unspecified atom stereocenters. The van der Waals surface area contributed by atoms with Crippen LogP contribution in [0.2, 0.25) is 0 Å². The van der Waals surface area contributed by atoms with Crippen LogP contribution in [-0.4, -0.2) is 23.6 Å². The fraction of sp³-hybridized carbons (Fsp3) is 0.939. The highest BCUT2D eigenvalue weighted by Gasteiger charge is 2.54. The van der Waals surface area contributed by atoms with Crippen molar-refractivity contribution in [2.45, 2.75) is 154 Å². The Morgan fingerprint density at radius 3 is 2.41 bits per heavy atom. The molecule has 5 aliphatic rings. The highest BCUT2D eigenvalue weighted by molar-refractivity contribution is 5.78. The molecule has 0 aromatic heterocycles. The second-order valence-electron chi connectivity index (χ2n) is 14.9. The Kier molecular flexibility index (Phi) is 8.61. The molecule has 0 radical (unpaired) electrons. The number of hydrogen-bond donors (Lipinski definition) is 0. The number of ether oxygens (including phenoxy) is 2. The minimum Gasteiger partial charge on any atom is -0.462 e. The average molecular weight is 515 g/mol. The maximum absolute atomic E-state index is 13.9. The zero-order valence-corrected chi connectivity index (χ0v) is 24.1. The lowest BCUT2D eigenvalue weighted by atomic mass is 9.59. The summed E-state index contributed by atoms with van der Waals surface area (Å²) in [5.74, 6) is 3.86. The van der Waals surface area contributed by atoms with Crippen molar-refractivity contribution < 1.29 is 19.1 Å². The van der Waals surface area contributed by atoms with Gasteiger partial charge in [-0.15, -0.1) is 0 Å². The smallest absolute Gasteiger partial charge is 0.312 e. The topological polar surface area (TPSA) is 52.6 Å². The minimum atomic E-state index is -0.431. The molecule has 4 nitrogen and oxygen atoms in total. The second-order valence-corrected chi connectivity index (χ2v) is 14.9. The van der Waals surface area contributed by atoms with Crippen LogP contribution in [0.3, 0.4) is 0 Å². The van der Waals surface area contributed by atoms with Gasteiger partial charge in [-0.2, -0.15) is 0 Å². The summed E-state index contributed by atoms with van der Waals surface area (Å²) >= 11 is 0. The summed E-state index contributed by atoms with van der Waals surface area (Å²) in [6.45, 7) is 6.94. The average Bonchev–Trinajstić information content (AvgIpc) is 2.82. The van der Waals surface area contributed by atoms with Crippen LogP contribution < -0.4 is 0 Å². The molecule has 0 saturated heterocycles. The van der Waals surface area contributed by atoms with Crippen molar-refractivity contribution in [1.82, 2.24) is 0 Å². The maximum atomic E-state index is 13.9. The zero-order valence-electron chi connectivity index (χ0n) is 24.1.